The predicted octanol–water partition coefficient (Wildman–Crippen LogP) is 4.03. The Balaban J connectivity index is 2.17. The summed E-state index contributed by atoms with van der Waals surface area (Å²) in [5.41, 5.74) is 17.0. The van der Waals surface area contributed by atoms with E-state index < -0.39 is 0 Å². The molecule has 3 rings (SSSR count). The molecule has 0 saturated carbocycles. The Hall–Kier alpha value is -2.74. The molecule has 0 aliphatic rings. The van der Waals surface area contributed by atoms with E-state index in [0.717, 1.165) is 11.3 Å². The zero-order valence-corrected chi connectivity index (χ0v) is 11.7. The van der Waals surface area contributed by atoms with Crippen molar-refractivity contribution in [1.29, 1.82) is 0 Å². The van der Waals surface area contributed by atoms with Gasteiger partial charge in [0.15, 0.2) is 0 Å². The van der Waals surface area contributed by atoms with Gasteiger partial charge < -0.3 is 11.5 Å². The Morgan fingerprint density at radius 1 is 0.619 bits per heavy atom. The van der Waals surface area contributed by atoms with E-state index in [9.17, 15) is 0 Å². The number of rotatable bonds is 3. The summed E-state index contributed by atoms with van der Waals surface area (Å²) < 4.78 is 0. The van der Waals surface area contributed by atoms with E-state index in [0.29, 0.717) is 5.69 Å². The van der Waals surface area contributed by atoms with Crippen molar-refractivity contribution in [2.24, 2.45) is 0 Å². The van der Waals surface area contributed by atoms with Gasteiger partial charge in [-0.05, 0) is 28.8 Å². The molecule has 4 N–H and O–H groups in total. The summed E-state index contributed by atoms with van der Waals surface area (Å²) in [5.74, 6) is 0.119. The van der Waals surface area contributed by atoms with E-state index in [1.165, 1.54) is 11.1 Å². The Kier molecular flexibility index (Phi) is 3.61. The van der Waals surface area contributed by atoms with Crippen LogP contribution in [0.4, 0.5) is 11.4 Å². The molecule has 2 nitrogen and oxygen atoms in total. The lowest BCUT2D eigenvalue weighted by atomic mass is 9.84. The third kappa shape index (κ3) is 2.75. The van der Waals surface area contributed by atoms with Crippen molar-refractivity contribution in [3.63, 3.8) is 0 Å². The van der Waals surface area contributed by atoms with Crippen LogP contribution in [0.25, 0.3) is 0 Å². The van der Waals surface area contributed by atoms with Crippen LogP contribution in [0.1, 0.15) is 22.6 Å². The summed E-state index contributed by atoms with van der Waals surface area (Å²) in [6.07, 6.45) is 0. The molecule has 0 atom stereocenters. The Morgan fingerprint density at radius 3 is 1.62 bits per heavy atom. The highest BCUT2D eigenvalue weighted by Gasteiger charge is 2.18. The lowest BCUT2D eigenvalue weighted by molar-refractivity contribution is 0.981. The molecule has 0 spiro atoms. The summed E-state index contributed by atoms with van der Waals surface area (Å²) in [4.78, 5) is 0. The summed E-state index contributed by atoms with van der Waals surface area (Å²) in [5, 5.41) is 0. The standard InChI is InChI=1S/C19H18N2/c20-16-11-12-17(18(21)13-16)19(14-7-3-1-4-8-14)15-9-5-2-6-10-15/h1-13,19H,20-21H2. The number of benzene rings is 3. The van der Waals surface area contributed by atoms with Gasteiger partial charge in [-0.2, -0.15) is 0 Å². The van der Waals surface area contributed by atoms with Gasteiger partial charge in [0.1, 0.15) is 0 Å². The normalized spacial score (nSPS) is 10.7. The van der Waals surface area contributed by atoms with Gasteiger partial charge in [0.2, 0.25) is 0 Å². The maximum atomic E-state index is 6.22. The molecule has 0 amide bonds. The maximum absolute atomic E-state index is 6.22. The quantitative estimate of drug-likeness (QED) is 0.559. The largest absolute Gasteiger partial charge is 0.399 e. The van der Waals surface area contributed by atoms with Gasteiger partial charge in [0, 0.05) is 17.3 Å². The summed E-state index contributed by atoms with van der Waals surface area (Å²) in [6, 6.07) is 26.6. The van der Waals surface area contributed by atoms with E-state index in [4.69, 9.17) is 11.5 Å². The third-order valence-corrected chi connectivity index (χ3v) is 3.69. The van der Waals surface area contributed by atoms with Crippen LogP contribution in [-0.4, -0.2) is 0 Å². The minimum absolute atomic E-state index is 0.119. The fraction of sp³-hybridized carbons (Fsp3) is 0.0526. The van der Waals surface area contributed by atoms with Crippen molar-refractivity contribution in [1.82, 2.24) is 0 Å². The molecule has 0 aliphatic heterocycles. The molecule has 0 unspecified atom stereocenters. The van der Waals surface area contributed by atoms with E-state index in [1.807, 2.05) is 30.3 Å². The Labute approximate surface area is 125 Å². The van der Waals surface area contributed by atoms with Crippen LogP contribution in [-0.2, 0) is 0 Å². The first kappa shape index (κ1) is 13.3. The van der Waals surface area contributed by atoms with Crippen molar-refractivity contribution in [3.05, 3.63) is 95.6 Å². The second-order valence-electron chi connectivity index (χ2n) is 5.14. The highest BCUT2D eigenvalue weighted by Crippen LogP contribution is 2.35. The van der Waals surface area contributed by atoms with Gasteiger partial charge in [0.25, 0.3) is 0 Å². The molecule has 2 heteroatoms. The average Bonchev–Trinajstić information content (AvgIpc) is 2.52. The third-order valence-electron chi connectivity index (χ3n) is 3.69. The predicted molar refractivity (Wildman–Crippen MR) is 89.1 cm³/mol. The van der Waals surface area contributed by atoms with Gasteiger partial charge in [-0.15, -0.1) is 0 Å². The van der Waals surface area contributed by atoms with E-state index in [1.54, 1.807) is 0 Å². The molecule has 3 aromatic rings. The first-order chi connectivity index (χ1) is 10.3. The fourth-order valence-electron chi connectivity index (χ4n) is 2.70. The lowest BCUT2D eigenvalue weighted by Crippen LogP contribution is -2.07. The van der Waals surface area contributed by atoms with E-state index >= 15 is 0 Å². The van der Waals surface area contributed by atoms with Crippen molar-refractivity contribution in [2.75, 3.05) is 11.5 Å². The van der Waals surface area contributed by atoms with Crippen LogP contribution in [0.5, 0.6) is 0 Å². The molecule has 0 fully saturated rings. The average molecular weight is 274 g/mol. The minimum Gasteiger partial charge on any atom is -0.399 e. The second kappa shape index (κ2) is 5.71. The zero-order chi connectivity index (χ0) is 14.7. The molecule has 0 bridgehead atoms. The van der Waals surface area contributed by atoms with Crippen LogP contribution in [0, 0.1) is 0 Å². The van der Waals surface area contributed by atoms with Crippen molar-refractivity contribution in [3.8, 4) is 0 Å². The Bertz CT molecular complexity index is 682. The van der Waals surface area contributed by atoms with E-state index in [-0.39, 0.29) is 5.92 Å². The molecule has 0 heterocycles. The van der Waals surface area contributed by atoms with Crippen molar-refractivity contribution >= 4 is 11.4 Å². The second-order valence-corrected chi connectivity index (χ2v) is 5.14. The first-order valence-corrected chi connectivity index (χ1v) is 7.00. The molecule has 21 heavy (non-hydrogen) atoms. The summed E-state index contributed by atoms with van der Waals surface area (Å²) >= 11 is 0. The summed E-state index contributed by atoms with van der Waals surface area (Å²) in [7, 11) is 0. The van der Waals surface area contributed by atoms with Gasteiger partial charge in [-0.1, -0.05) is 66.7 Å². The van der Waals surface area contributed by atoms with Gasteiger partial charge >= 0.3 is 0 Å². The lowest BCUT2D eigenvalue weighted by Gasteiger charge is -2.20. The molecule has 0 radical (unpaired) electrons. The first-order valence-electron chi connectivity index (χ1n) is 7.00. The van der Waals surface area contributed by atoms with Gasteiger partial charge in [-0.25, -0.2) is 0 Å². The minimum atomic E-state index is 0.119. The maximum Gasteiger partial charge on any atom is 0.0376 e. The van der Waals surface area contributed by atoms with E-state index in [2.05, 4.69) is 48.5 Å². The molecular formula is C19H18N2. The van der Waals surface area contributed by atoms with Gasteiger partial charge in [0.05, 0.1) is 0 Å². The van der Waals surface area contributed by atoms with Crippen LogP contribution in [0.15, 0.2) is 78.9 Å². The molecule has 0 aliphatic carbocycles. The highest BCUT2D eigenvalue weighted by molar-refractivity contribution is 5.61. The highest BCUT2D eigenvalue weighted by atomic mass is 14.6. The fourth-order valence-corrected chi connectivity index (χ4v) is 2.70. The van der Waals surface area contributed by atoms with Gasteiger partial charge in [-0.3, -0.25) is 0 Å². The number of hydrogen-bond donors (Lipinski definition) is 2. The van der Waals surface area contributed by atoms with Crippen molar-refractivity contribution < 1.29 is 0 Å². The number of nitrogens with two attached hydrogens (primary N) is 2. The Morgan fingerprint density at radius 2 is 1.14 bits per heavy atom. The van der Waals surface area contributed by atoms with Crippen LogP contribution in [0.3, 0.4) is 0 Å². The molecule has 0 saturated heterocycles. The van der Waals surface area contributed by atoms with Crippen LogP contribution in [0.2, 0.25) is 0 Å². The number of hydrogen-bond acceptors (Lipinski definition) is 2. The topological polar surface area (TPSA) is 52.0 Å². The molecule has 104 valence electrons. The molecule has 0 aromatic heterocycles. The smallest absolute Gasteiger partial charge is 0.0376 e. The summed E-state index contributed by atoms with van der Waals surface area (Å²) in [6.45, 7) is 0. The number of nitrogen functional groups attached to an aromatic ring is 2. The zero-order valence-electron chi connectivity index (χ0n) is 11.7. The van der Waals surface area contributed by atoms with Crippen LogP contribution >= 0.6 is 0 Å². The van der Waals surface area contributed by atoms with Crippen LogP contribution < -0.4 is 11.5 Å². The monoisotopic (exact) mass is 274 g/mol. The molecule has 3 aromatic carbocycles. The SMILES string of the molecule is Nc1ccc(C(c2ccccc2)c2ccccc2)c(N)c1. The van der Waals surface area contributed by atoms with Crippen molar-refractivity contribution in [2.45, 2.75) is 5.92 Å². The molecular weight excluding hydrogens is 256 g/mol. The number of anilines is 2.